The van der Waals surface area contributed by atoms with E-state index in [1.54, 1.807) is 0 Å². The lowest BCUT2D eigenvalue weighted by Crippen LogP contribution is -2.31. The van der Waals surface area contributed by atoms with Crippen molar-refractivity contribution in [2.75, 3.05) is 13.2 Å². The summed E-state index contributed by atoms with van der Waals surface area (Å²) in [6, 6.07) is 15.4. The Morgan fingerprint density at radius 2 is 1.83 bits per heavy atom. The molecule has 0 radical (unpaired) electrons. The second-order valence-corrected chi connectivity index (χ2v) is 5.69. The van der Waals surface area contributed by atoms with E-state index in [2.05, 4.69) is 11.9 Å². The molecule has 0 aromatic heterocycles. The molecule has 2 rings (SSSR count). The van der Waals surface area contributed by atoms with Crippen molar-refractivity contribution in [2.45, 2.75) is 19.1 Å². The molecule has 1 atom stereocenters. The van der Waals surface area contributed by atoms with Crippen LogP contribution in [0, 0.1) is 0 Å². The molecule has 1 unspecified atom stereocenters. The van der Waals surface area contributed by atoms with Crippen LogP contribution in [0.1, 0.15) is 11.1 Å². The molecule has 0 saturated carbocycles. The van der Waals surface area contributed by atoms with Gasteiger partial charge in [0.15, 0.2) is 0 Å². The number of hydrogen-bond acceptors (Lipinski definition) is 3. The summed E-state index contributed by atoms with van der Waals surface area (Å²) in [4.78, 5) is 0. The predicted octanol–water partition coefficient (Wildman–Crippen LogP) is 3.60. The van der Waals surface area contributed by atoms with Gasteiger partial charge in [-0.3, -0.25) is 0 Å². The topological polar surface area (TPSA) is 41.5 Å². The van der Waals surface area contributed by atoms with Gasteiger partial charge in [-0.1, -0.05) is 54.1 Å². The van der Waals surface area contributed by atoms with E-state index in [1.807, 2.05) is 54.6 Å². The summed E-state index contributed by atoms with van der Waals surface area (Å²) in [5.41, 5.74) is 2.08. The first-order chi connectivity index (χ1) is 11.2. The molecule has 23 heavy (non-hydrogen) atoms. The first-order valence-electron chi connectivity index (χ1n) is 7.64. The van der Waals surface area contributed by atoms with E-state index in [1.165, 1.54) is 0 Å². The Balaban J connectivity index is 1.76. The summed E-state index contributed by atoms with van der Waals surface area (Å²) in [7, 11) is 0. The van der Waals surface area contributed by atoms with Crippen molar-refractivity contribution in [1.29, 1.82) is 0 Å². The second kappa shape index (κ2) is 9.36. The highest BCUT2D eigenvalue weighted by Crippen LogP contribution is 2.19. The van der Waals surface area contributed by atoms with Crippen LogP contribution >= 0.6 is 11.6 Å². The molecule has 0 saturated heterocycles. The molecule has 122 valence electrons. The molecule has 0 amide bonds. The minimum atomic E-state index is -0.589. The fraction of sp³-hybridized carbons (Fsp3) is 0.263. The molecule has 0 aliphatic heterocycles. The van der Waals surface area contributed by atoms with Gasteiger partial charge in [-0.05, 0) is 29.7 Å². The average molecular weight is 332 g/mol. The molecule has 0 fully saturated rings. The molecular weight excluding hydrogens is 310 g/mol. The van der Waals surface area contributed by atoms with Crippen molar-refractivity contribution in [2.24, 2.45) is 0 Å². The van der Waals surface area contributed by atoms with Gasteiger partial charge in [0.25, 0.3) is 0 Å². The van der Waals surface area contributed by atoms with E-state index in [0.29, 0.717) is 13.1 Å². The van der Waals surface area contributed by atoms with Gasteiger partial charge in [-0.2, -0.15) is 0 Å². The number of ether oxygens (including phenoxy) is 1. The van der Waals surface area contributed by atoms with Crippen LogP contribution in [-0.4, -0.2) is 24.4 Å². The Kier molecular flexibility index (Phi) is 7.14. The van der Waals surface area contributed by atoms with E-state index in [-0.39, 0.29) is 6.61 Å². The molecule has 0 spiro atoms. The minimum absolute atomic E-state index is 0.240. The van der Waals surface area contributed by atoms with Gasteiger partial charge in [-0.15, -0.1) is 6.58 Å². The summed E-state index contributed by atoms with van der Waals surface area (Å²) in [6.07, 6.45) is 2.00. The number of halogens is 1. The highest BCUT2D eigenvalue weighted by Gasteiger charge is 2.08. The molecule has 2 N–H and O–H groups in total. The Bertz CT molecular complexity index is 630. The number of benzene rings is 2. The fourth-order valence-electron chi connectivity index (χ4n) is 2.23. The summed E-state index contributed by atoms with van der Waals surface area (Å²) in [5.74, 6) is 0.789. The maximum absolute atomic E-state index is 10.0. The standard InChI is InChI=1S/C19H22ClNO2/c1-2-7-15-8-4-6-11-19(15)23-14-17(22)13-21-12-16-9-3-5-10-18(16)20/h2-6,8-11,17,21-22H,1,7,12-14H2. The molecule has 0 bridgehead atoms. The monoisotopic (exact) mass is 331 g/mol. The van der Waals surface area contributed by atoms with Crippen molar-refractivity contribution < 1.29 is 9.84 Å². The van der Waals surface area contributed by atoms with Crippen LogP contribution in [0.3, 0.4) is 0 Å². The van der Waals surface area contributed by atoms with Crippen molar-refractivity contribution in [3.05, 3.63) is 77.3 Å². The number of hydrogen-bond donors (Lipinski definition) is 2. The molecule has 0 aliphatic carbocycles. The van der Waals surface area contributed by atoms with Crippen LogP contribution in [-0.2, 0) is 13.0 Å². The Morgan fingerprint density at radius 1 is 1.13 bits per heavy atom. The third kappa shape index (κ3) is 5.71. The van der Waals surface area contributed by atoms with Crippen molar-refractivity contribution in [1.82, 2.24) is 5.32 Å². The van der Waals surface area contributed by atoms with Crippen LogP contribution < -0.4 is 10.1 Å². The zero-order chi connectivity index (χ0) is 16.5. The molecule has 3 nitrogen and oxygen atoms in total. The quantitative estimate of drug-likeness (QED) is 0.690. The van der Waals surface area contributed by atoms with Crippen LogP contribution in [0.25, 0.3) is 0 Å². The van der Waals surface area contributed by atoms with Crippen LogP contribution in [0.15, 0.2) is 61.2 Å². The normalized spacial score (nSPS) is 11.9. The Hall–Kier alpha value is -1.81. The fourth-order valence-corrected chi connectivity index (χ4v) is 2.43. The van der Waals surface area contributed by atoms with Crippen LogP contribution in [0.4, 0.5) is 0 Å². The lowest BCUT2D eigenvalue weighted by atomic mass is 10.1. The molecular formula is C19H22ClNO2. The predicted molar refractivity (Wildman–Crippen MR) is 95.0 cm³/mol. The van der Waals surface area contributed by atoms with Crippen molar-refractivity contribution in [3.8, 4) is 5.75 Å². The first-order valence-corrected chi connectivity index (χ1v) is 8.02. The van der Waals surface area contributed by atoms with E-state index >= 15 is 0 Å². The van der Waals surface area contributed by atoms with Gasteiger partial charge in [0.1, 0.15) is 18.5 Å². The maximum atomic E-state index is 10.0. The van der Waals surface area contributed by atoms with Gasteiger partial charge in [0.05, 0.1) is 0 Å². The number of allylic oxidation sites excluding steroid dienone is 1. The highest BCUT2D eigenvalue weighted by molar-refractivity contribution is 6.31. The van der Waals surface area contributed by atoms with Gasteiger partial charge in [0.2, 0.25) is 0 Å². The van der Waals surface area contributed by atoms with E-state index in [9.17, 15) is 5.11 Å². The molecule has 0 heterocycles. The zero-order valence-corrected chi connectivity index (χ0v) is 13.8. The highest BCUT2D eigenvalue weighted by atomic mass is 35.5. The van der Waals surface area contributed by atoms with Gasteiger partial charge in [0, 0.05) is 18.1 Å². The summed E-state index contributed by atoms with van der Waals surface area (Å²) in [6.45, 7) is 5.04. The molecule has 2 aromatic carbocycles. The number of rotatable bonds is 9. The van der Waals surface area contributed by atoms with Crippen molar-refractivity contribution >= 4 is 11.6 Å². The number of para-hydroxylation sites is 1. The van der Waals surface area contributed by atoms with Crippen LogP contribution in [0.5, 0.6) is 5.75 Å². The average Bonchev–Trinajstić information content (AvgIpc) is 2.56. The summed E-state index contributed by atoms with van der Waals surface area (Å²) in [5, 5.41) is 14.0. The van der Waals surface area contributed by atoms with E-state index in [4.69, 9.17) is 16.3 Å². The minimum Gasteiger partial charge on any atom is -0.491 e. The summed E-state index contributed by atoms with van der Waals surface area (Å²) < 4.78 is 5.71. The molecule has 4 heteroatoms. The van der Waals surface area contributed by atoms with Gasteiger partial charge < -0.3 is 15.2 Å². The number of aliphatic hydroxyl groups is 1. The number of aliphatic hydroxyl groups excluding tert-OH is 1. The third-order valence-electron chi connectivity index (χ3n) is 3.42. The van der Waals surface area contributed by atoms with E-state index < -0.39 is 6.10 Å². The van der Waals surface area contributed by atoms with Crippen LogP contribution in [0.2, 0.25) is 5.02 Å². The first kappa shape index (κ1) is 17.5. The third-order valence-corrected chi connectivity index (χ3v) is 3.79. The Labute approximate surface area is 142 Å². The lowest BCUT2D eigenvalue weighted by Gasteiger charge is -2.15. The maximum Gasteiger partial charge on any atom is 0.122 e. The van der Waals surface area contributed by atoms with Gasteiger partial charge in [-0.25, -0.2) is 0 Å². The Morgan fingerprint density at radius 3 is 2.57 bits per heavy atom. The SMILES string of the molecule is C=CCc1ccccc1OCC(O)CNCc1ccccc1Cl. The largest absolute Gasteiger partial charge is 0.491 e. The summed E-state index contributed by atoms with van der Waals surface area (Å²) >= 11 is 6.09. The molecule has 0 aliphatic rings. The lowest BCUT2D eigenvalue weighted by molar-refractivity contribution is 0.106. The zero-order valence-electron chi connectivity index (χ0n) is 13.0. The van der Waals surface area contributed by atoms with E-state index in [0.717, 1.165) is 28.3 Å². The second-order valence-electron chi connectivity index (χ2n) is 5.29. The van der Waals surface area contributed by atoms with Gasteiger partial charge >= 0.3 is 0 Å². The number of nitrogens with one attached hydrogen (secondary N) is 1. The smallest absolute Gasteiger partial charge is 0.122 e. The van der Waals surface area contributed by atoms with Crippen molar-refractivity contribution in [3.63, 3.8) is 0 Å². The molecule has 2 aromatic rings.